The molecule has 0 aliphatic rings. The molecule has 22 heavy (non-hydrogen) atoms. The summed E-state index contributed by atoms with van der Waals surface area (Å²) in [5.41, 5.74) is 2.22. The van der Waals surface area contributed by atoms with Crippen LogP contribution in [0.5, 0.6) is 0 Å². The maximum Gasteiger partial charge on any atom is 0.257 e. The maximum atomic E-state index is 12.3. The van der Waals surface area contributed by atoms with Gasteiger partial charge >= 0.3 is 0 Å². The molecule has 3 heterocycles. The van der Waals surface area contributed by atoms with Crippen LogP contribution in [-0.2, 0) is 6.42 Å². The number of amides is 1. The van der Waals surface area contributed by atoms with Crippen molar-refractivity contribution in [3.05, 3.63) is 40.8 Å². The van der Waals surface area contributed by atoms with E-state index in [2.05, 4.69) is 34.3 Å². The van der Waals surface area contributed by atoms with E-state index in [0.29, 0.717) is 16.6 Å². The van der Waals surface area contributed by atoms with E-state index in [1.165, 1.54) is 11.3 Å². The van der Waals surface area contributed by atoms with Crippen molar-refractivity contribution in [2.24, 2.45) is 5.92 Å². The number of aryl methyl sites for hydroxylation is 1. The SMILES string of the molecule is Cc1cn2ccc(C(=O)Nc3nnc(CC(C)C)s3)cc2n1. The van der Waals surface area contributed by atoms with Gasteiger partial charge in [0.1, 0.15) is 10.7 Å². The second-order valence-electron chi connectivity index (χ2n) is 5.62. The Labute approximate surface area is 132 Å². The number of nitrogens with one attached hydrogen (secondary N) is 1. The monoisotopic (exact) mass is 315 g/mol. The van der Waals surface area contributed by atoms with E-state index >= 15 is 0 Å². The summed E-state index contributed by atoms with van der Waals surface area (Å²) in [5.74, 6) is 0.318. The molecule has 0 aromatic carbocycles. The van der Waals surface area contributed by atoms with Crippen molar-refractivity contribution in [3.8, 4) is 0 Å². The fraction of sp³-hybridized carbons (Fsp3) is 0.333. The van der Waals surface area contributed by atoms with Gasteiger partial charge in [0.05, 0.1) is 5.69 Å². The molecular weight excluding hydrogens is 298 g/mol. The number of imidazole rings is 1. The summed E-state index contributed by atoms with van der Waals surface area (Å²) in [6.45, 7) is 6.17. The Morgan fingerprint density at radius 2 is 2.23 bits per heavy atom. The van der Waals surface area contributed by atoms with Crippen LogP contribution in [0.15, 0.2) is 24.5 Å². The molecule has 0 radical (unpaired) electrons. The van der Waals surface area contributed by atoms with Gasteiger partial charge in [0.2, 0.25) is 5.13 Å². The third-order valence-electron chi connectivity index (χ3n) is 3.11. The highest BCUT2D eigenvalue weighted by molar-refractivity contribution is 7.15. The first kappa shape index (κ1) is 14.6. The predicted octanol–water partition coefficient (Wildman–Crippen LogP) is 2.95. The van der Waals surface area contributed by atoms with Crippen molar-refractivity contribution < 1.29 is 4.79 Å². The maximum absolute atomic E-state index is 12.3. The van der Waals surface area contributed by atoms with E-state index in [1.807, 2.05) is 23.7 Å². The Bertz CT molecular complexity index is 820. The number of rotatable bonds is 4. The van der Waals surface area contributed by atoms with Gasteiger partial charge in [-0.15, -0.1) is 10.2 Å². The van der Waals surface area contributed by atoms with Gasteiger partial charge in [-0.1, -0.05) is 25.2 Å². The summed E-state index contributed by atoms with van der Waals surface area (Å²) in [7, 11) is 0. The number of fused-ring (bicyclic) bond motifs is 1. The zero-order valence-electron chi connectivity index (χ0n) is 12.7. The molecule has 0 spiro atoms. The Morgan fingerprint density at radius 3 is 3.00 bits per heavy atom. The Morgan fingerprint density at radius 1 is 1.41 bits per heavy atom. The molecule has 0 aliphatic heterocycles. The van der Waals surface area contributed by atoms with E-state index in [4.69, 9.17) is 0 Å². The highest BCUT2D eigenvalue weighted by Gasteiger charge is 2.12. The highest BCUT2D eigenvalue weighted by Crippen LogP contribution is 2.19. The number of carbonyl (C=O) groups excluding carboxylic acids is 1. The van der Waals surface area contributed by atoms with Crippen LogP contribution in [0.3, 0.4) is 0 Å². The molecule has 0 fully saturated rings. The summed E-state index contributed by atoms with van der Waals surface area (Å²) in [4.78, 5) is 16.6. The molecule has 0 bridgehead atoms. The first-order valence-electron chi connectivity index (χ1n) is 7.10. The normalized spacial score (nSPS) is 11.3. The first-order valence-corrected chi connectivity index (χ1v) is 7.92. The topological polar surface area (TPSA) is 72.2 Å². The van der Waals surface area contributed by atoms with Gasteiger partial charge in [-0.3, -0.25) is 10.1 Å². The number of hydrogen-bond acceptors (Lipinski definition) is 5. The summed E-state index contributed by atoms with van der Waals surface area (Å²) in [5, 5.41) is 12.4. The lowest BCUT2D eigenvalue weighted by atomic mass is 10.1. The van der Waals surface area contributed by atoms with Crippen LogP contribution in [0.1, 0.15) is 34.9 Å². The van der Waals surface area contributed by atoms with Gasteiger partial charge in [-0.2, -0.15) is 0 Å². The molecule has 0 aliphatic carbocycles. The molecule has 0 saturated carbocycles. The third kappa shape index (κ3) is 3.14. The molecule has 6 nitrogen and oxygen atoms in total. The summed E-state index contributed by atoms with van der Waals surface area (Å²) in [6.07, 6.45) is 4.61. The van der Waals surface area contributed by atoms with Gasteiger partial charge in [0, 0.05) is 24.4 Å². The zero-order valence-corrected chi connectivity index (χ0v) is 13.5. The first-order chi connectivity index (χ1) is 10.5. The molecule has 0 saturated heterocycles. The number of pyridine rings is 1. The van der Waals surface area contributed by atoms with E-state index in [-0.39, 0.29) is 5.91 Å². The molecule has 1 amide bonds. The lowest BCUT2D eigenvalue weighted by Gasteiger charge is -2.01. The molecule has 7 heteroatoms. The van der Waals surface area contributed by atoms with E-state index in [0.717, 1.165) is 22.8 Å². The molecule has 1 N–H and O–H groups in total. The van der Waals surface area contributed by atoms with Crippen LogP contribution >= 0.6 is 11.3 Å². The standard InChI is InChI=1S/C15H17N5OS/c1-9(2)6-13-18-19-15(22-13)17-14(21)11-4-5-20-8-10(3)16-12(20)7-11/h4-5,7-9H,6H2,1-3H3,(H,17,19,21). The van der Waals surface area contributed by atoms with E-state index in [9.17, 15) is 4.79 Å². The summed E-state index contributed by atoms with van der Waals surface area (Å²) >= 11 is 1.42. The van der Waals surface area contributed by atoms with Gasteiger partial charge in [-0.05, 0) is 25.0 Å². The van der Waals surface area contributed by atoms with Crippen molar-refractivity contribution >= 4 is 28.0 Å². The Balaban J connectivity index is 1.76. The summed E-state index contributed by atoms with van der Waals surface area (Å²) in [6, 6.07) is 3.53. The van der Waals surface area contributed by atoms with Gasteiger partial charge in [0.15, 0.2) is 0 Å². The minimum atomic E-state index is -0.199. The number of nitrogens with zero attached hydrogens (tertiary/aromatic N) is 4. The second kappa shape index (κ2) is 5.84. The van der Waals surface area contributed by atoms with Gasteiger partial charge < -0.3 is 4.40 Å². The largest absolute Gasteiger partial charge is 0.307 e. The van der Waals surface area contributed by atoms with Crippen LogP contribution in [0.2, 0.25) is 0 Å². The minimum absolute atomic E-state index is 0.199. The summed E-state index contributed by atoms with van der Waals surface area (Å²) < 4.78 is 1.89. The number of anilines is 1. The number of hydrogen-bond donors (Lipinski definition) is 1. The quantitative estimate of drug-likeness (QED) is 0.803. The molecular formula is C15H17N5OS. The van der Waals surface area contributed by atoms with E-state index < -0.39 is 0 Å². The zero-order chi connectivity index (χ0) is 15.7. The lowest BCUT2D eigenvalue weighted by Crippen LogP contribution is -2.12. The molecule has 0 unspecified atom stereocenters. The highest BCUT2D eigenvalue weighted by atomic mass is 32.1. The fourth-order valence-corrected chi connectivity index (χ4v) is 3.10. The predicted molar refractivity (Wildman–Crippen MR) is 86.3 cm³/mol. The Hall–Kier alpha value is -2.28. The molecule has 3 aromatic heterocycles. The van der Waals surface area contributed by atoms with Gasteiger partial charge in [0.25, 0.3) is 5.91 Å². The molecule has 114 valence electrons. The smallest absolute Gasteiger partial charge is 0.257 e. The third-order valence-corrected chi connectivity index (χ3v) is 3.97. The van der Waals surface area contributed by atoms with Crippen LogP contribution in [0.4, 0.5) is 5.13 Å². The minimum Gasteiger partial charge on any atom is -0.307 e. The van der Waals surface area contributed by atoms with Crippen LogP contribution in [0.25, 0.3) is 5.65 Å². The van der Waals surface area contributed by atoms with Crippen molar-refractivity contribution in [3.63, 3.8) is 0 Å². The van der Waals surface area contributed by atoms with Crippen molar-refractivity contribution in [1.82, 2.24) is 19.6 Å². The molecule has 0 atom stereocenters. The van der Waals surface area contributed by atoms with E-state index in [1.54, 1.807) is 12.1 Å². The van der Waals surface area contributed by atoms with Crippen molar-refractivity contribution in [2.75, 3.05) is 5.32 Å². The fourth-order valence-electron chi connectivity index (χ4n) is 2.16. The molecule has 3 aromatic rings. The number of aromatic nitrogens is 4. The molecule has 3 rings (SSSR count). The van der Waals surface area contributed by atoms with Crippen LogP contribution in [-0.4, -0.2) is 25.5 Å². The van der Waals surface area contributed by atoms with Gasteiger partial charge in [-0.25, -0.2) is 4.98 Å². The van der Waals surface area contributed by atoms with Crippen LogP contribution < -0.4 is 5.32 Å². The van der Waals surface area contributed by atoms with Crippen molar-refractivity contribution in [1.29, 1.82) is 0 Å². The Kier molecular flexibility index (Phi) is 3.89. The average Bonchev–Trinajstić information content (AvgIpc) is 3.02. The van der Waals surface area contributed by atoms with Crippen LogP contribution in [0, 0.1) is 12.8 Å². The number of carbonyl (C=O) groups is 1. The second-order valence-corrected chi connectivity index (χ2v) is 6.68. The lowest BCUT2D eigenvalue weighted by molar-refractivity contribution is 0.102. The van der Waals surface area contributed by atoms with Crippen molar-refractivity contribution in [2.45, 2.75) is 27.2 Å². The average molecular weight is 315 g/mol.